The van der Waals surface area contributed by atoms with Crippen molar-refractivity contribution < 1.29 is 14.0 Å². The number of rotatable bonds is 8. The molecule has 0 aromatic heterocycles. The van der Waals surface area contributed by atoms with Crippen molar-refractivity contribution in [2.45, 2.75) is 52.6 Å². The fourth-order valence-electron chi connectivity index (χ4n) is 2.44. The predicted molar refractivity (Wildman–Crippen MR) is 106 cm³/mol. The zero-order valence-electron chi connectivity index (χ0n) is 16.2. The van der Waals surface area contributed by atoms with E-state index in [-0.39, 0.29) is 12.0 Å². The Morgan fingerprint density at radius 3 is 2.28 bits per heavy atom. The number of ether oxygens (including phenoxy) is 1. The Morgan fingerprint density at radius 1 is 1.20 bits per heavy atom. The SMILES string of the molecule is C=C[C@@H](OC(=O)N[C@@H](C)c1ccccc1)[C@@H](C)/C(=C/C)O[Si](C)(C)C. The predicted octanol–water partition coefficient (Wildman–Crippen LogP) is 5.42. The van der Waals surface area contributed by atoms with Crippen LogP contribution in [0.25, 0.3) is 0 Å². The largest absolute Gasteiger partial charge is 0.547 e. The summed E-state index contributed by atoms with van der Waals surface area (Å²) in [4.78, 5) is 12.3. The van der Waals surface area contributed by atoms with E-state index in [4.69, 9.17) is 9.16 Å². The lowest BCUT2D eigenvalue weighted by Crippen LogP contribution is -2.35. The summed E-state index contributed by atoms with van der Waals surface area (Å²) >= 11 is 0. The molecule has 0 aliphatic rings. The van der Waals surface area contributed by atoms with E-state index >= 15 is 0 Å². The molecule has 1 aromatic carbocycles. The van der Waals surface area contributed by atoms with E-state index in [9.17, 15) is 4.79 Å². The van der Waals surface area contributed by atoms with Crippen LogP contribution in [-0.4, -0.2) is 20.5 Å². The van der Waals surface area contributed by atoms with Gasteiger partial charge >= 0.3 is 6.09 Å². The van der Waals surface area contributed by atoms with E-state index < -0.39 is 20.5 Å². The number of benzene rings is 1. The molecule has 3 atom stereocenters. The van der Waals surface area contributed by atoms with Gasteiger partial charge in [0, 0.05) is 0 Å². The molecule has 0 saturated heterocycles. The van der Waals surface area contributed by atoms with Crippen LogP contribution in [0.3, 0.4) is 0 Å². The first-order valence-electron chi connectivity index (χ1n) is 8.67. The lowest BCUT2D eigenvalue weighted by atomic mass is 10.0. The Morgan fingerprint density at radius 2 is 1.80 bits per heavy atom. The zero-order chi connectivity index (χ0) is 19.0. The van der Waals surface area contributed by atoms with Crippen molar-refractivity contribution in [3.05, 3.63) is 60.4 Å². The number of nitrogens with one attached hydrogen (secondary N) is 1. The normalized spacial score (nSPS) is 15.7. The van der Waals surface area contributed by atoms with Crippen LogP contribution in [-0.2, 0) is 9.16 Å². The Balaban J connectivity index is 2.70. The average Bonchev–Trinajstić information content (AvgIpc) is 2.56. The van der Waals surface area contributed by atoms with Crippen LogP contribution in [0.15, 0.2) is 54.8 Å². The number of hydrogen-bond acceptors (Lipinski definition) is 3. The highest BCUT2D eigenvalue weighted by molar-refractivity contribution is 6.70. The first kappa shape index (κ1) is 21.0. The third kappa shape index (κ3) is 7.18. The fourth-order valence-corrected chi connectivity index (χ4v) is 3.45. The highest BCUT2D eigenvalue weighted by atomic mass is 28.4. The first-order chi connectivity index (χ1) is 11.7. The van der Waals surface area contributed by atoms with Gasteiger partial charge in [0.25, 0.3) is 0 Å². The van der Waals surface area contributed by atoms with Gasteiger partial charge in [-0.15, -0.1) is 0 Å². The van der Waals surface area contributed by atoms with E-state index in [1.165, 1.54) is 0 Å². The quantitative estimate of drug-likeness (QED) is 0.382. The molecular formula is C20H31NO3Si. The molecule has 1 N–H and O–H groups in total. The summed E-state index contributed by atoms with van der Waals surface area (Å²) < 4.78 is 11.7. The second-order valence-corrected chi connectivity index (χ2v) is 11.5. The van der Waals surface area contributed by atoms with Gasteiger partial charge < -0.3 is 14.5 Å². The third-order valence-electron chi connectivity index (χ3n) is 3.76. The molecule has 0 radical (unpaired) electrons. The minimum atomic E-state index is -1.73. The van der Waals surface area contributed by atoms with E-state index in [0.717, 1.165) is 11.3 Å². The van der Waals surface area contributed by atoms with Crippen LogP contribution in [0.4, 0.5) is 4.79 Å². The van der Waals surface area contributed by atoms with E-state index in [1.54, 1.807) is 6.08 Å². The van der Waals surface area contributed by atoms with Gasteiger partial charge in [0.15, 0.2) is 0 Å². The van der Waals surface area contributed by atoms with Crippen molar-refractivity contribution in [3.63, 3.8) is 0 Å². The maximum atomic E-state index is 12.3. The molecule has 0 heterocycles. The molecule has 0 fully saturated rings. The van der Waals surface area contributed by atoms with Crippen molar-refractivity contribution in [1.29, 1.82) is 0 Å². The number of carbonyl (C=O) groups is 1. The van der Waals surface area contributed by atoms with Gasteiger partial charge in [0.2, 0.25) is 8.32 Å². The number of hydrogen-bond donors (Lipinski definition) is 1. The lowest BCUT2D eigenvalue weighted by Gasteiger charge is -2.29. The highest BCUT2D eigenvalue weighted by Gasteiger charge is 2.27. The molecule has 1 rings (SSSR count). The van der Waals surface area contributed by atoms with Crippen molar-refractivity contribution >= 4 is 14.4 Å². The molecule has 0 saturated carbocycles. The summed E-state index contributed by atoms with van der Waals surface area (Å²) in [6, 6.07) is 9.64. The van der Waals surface area contributed by atoms with Crippen LogP contribution in [0.5, 0.6) is 0 Å². The monoisotopic (exact) mass is 361 g/mol. The average molecular weight is 362 g/mol. The minimum Gasteiger partial charge on any atom is -0.547 e. The van der Waals surface area contributed by atoms with Gasteiger partial charge in [0.1, 0.15) is 6.10 Å². The molecular weight excluding hydrogens is 330 g/mol. The third-order valence-corrected chi connectivity index (χ3v) is 4.61. The van der Waals surface area contributed by atoms with Crippen LogP contribution in [0.1, 0.15) is 32.4 Å². The molecule has 25 heavy (non-hydrogen) atoms. The summed E-state index contributed by atoms with van der Waals surface area (Å²) in [5.74, 6) is 0.750. The maximum Gasteiger partial charge on any atom is 0.408 e. The molecule has 5 heteroatoms. The Hall–Kier alpha value is -2.01. The number of alkyl carbamates (subject to hydrolysis) is 1. The molecule has 1 amide bonds. The van der Waals surface area contributed by atoms with Crippen LogP contribution in [0.2, 0.25) is 19.6 Å². The van der Waals surface area contributed by atoms with Crippen molar-refractivity contribution in [3.8, 4) is 0 Å². The van der Waals surface area contributed by atoms with E-state index in [0.29, 0.717) is 0 Å². The summed E-state index contributed by atoms with van der Waals surface area (Å²) in [6.07, 6.45) is 2.67. The molecule has 0 unspecified atom stereocenters. The van der Waals surface area contributed by atoms with Gasteiger partial charge in [0.05, 0.1) is 17.7 Å². The molecule has 4 nitrogen and oxygen atoms in total. The van der Waals surface area contributed by atoms with Crippen LogP contribution < -0.4 is 5.32 Å². The Bertz CT molecular complexity index is 593. The fraction of sp³-hybridized carbons (Fsp3) is 0.450. The van der Waals surface area contributed by atoms with Crippen LogP contribution >= 0.6 is 0 Å². The standard InChI is InChI=1S/C20H31NO3Si/c1-8-18(15(3)19(9-2)24-25(5,6)7)23-20(22)21-16(4)17-13-11-10-12-14-17/h8-16,18H,1H2,2-7H3,(H,21,22)/b19-9-/t15-,16+,18-/m1/s1. The highest BCUT2D eigenvalue weighted by Crippen LogP contribution is 2.24. The van der Waals surface area contributed by atoms with Gasteiger partial charge in [-0.2, -0.15) is 0 Å². The van der Waals surface area contributed by atoms with Gasteiger partial charge in [-0.3, -0.25) is 0 Å². The second-order valence-electron chi connectivity index (χ2n) is 7.08. The summed E-state index contributed by atoms with van der Waals surface area (Å²) in [6.45, 7) is 16.0. The van der Waals surface area contributed by atoms with Crippen molar-refractivity contribution in [1.82, 2.24) is 5.32 Å². The minimum absolute atomic E-state index is 0.0907. The summed E-state index contributed by atoms with van der Waals surface area (Å²) in [5, 5.41) is 2.86. The summed E-state index contributed by atoms with van der Waals surface area (Å²) in [5.41, 5.74) is 1.03. The molecule has 1 aromatic rings. The van der Waals surface area contributed by atoms with E-state index in [1.807, 2.05) is 57.2 Å². The Kier molecular flexibility index (Phi) is 7.96. The van der Waals surface area contributed by atoms with Gasteiger partial charge in [-0.1, -0.05) is 56.0 Å². The van der Waals surface area contributed by atoms with Gasteiger partial charge in [-0.25, -0.2) is 4.79 Å². The zero-order valence-corrected chi connectivity index (χ0v) is 17.2. The smallest absolute Gasteiger partial charge is 0.408 e. The molecule has 0 bridgehead atoms. The van der Waals surface area contributed by atoms with E-state index in [2.05, 4.69) is 31.5 Å². The molecule has 0 aliphatic carbocycles. The lowest BCUT2D eigenvalue weighted by molar-refractivity contribution is 0.0896. The molecule has 0 aliphatic heterocycles. The molecule has 138 valence electrons. The van der Waals surface area contributed by atoms with Crippen molar-refractivity contribution in [2.75, 3.05) is 0 Å². The van der Waals surface area contributed by atoms with Crippen molar-refractivity contribution in [2.24, 2.45) is 5.92 Å². The molecule has 0 spiro atoms. The maximum absolute atomic E-state index is 12.3. The number of amides is 1. The van der Waals surface area contributed by atoms with Gasteiger partial charge in [-0.05, 0) is 39.1 Å². The first-order valence-corrected chi connectivity index (χ1v) is 12.1. The number of allylic oxidation sites excluding steroid dienone is 1. The summed E-state index contributed by atoms with van der Waals surface area (Å²) in [7, 11) is -1.73. The topological polar surface area (TPSA) is 47.6 Å². The Labute approximate surface area is 153 Å². The second kappa shape index (κ2) is 9.46. The number of carbonyl (C=O) groups excluding carboxylic acids is 1. The van der Waals surface area contributed by atoms with Crippen LogP contribution in [0, 0.1) is 5.92 Å².